The molecular weight excluding hydrogens is 298 g/mol. The predicted molar refractivity (Wildman–Crippen MR) is 99.9 cm³/mol. The van der Waals surface area contributed by atoms with E-state index in [0.29, 0.717) is 11.6 Å². The van der Waals surface area contributed by atoms with E-state index in [1.165, 1.54) is 5.56 Å². The molecule has 0 saturated heterocycles. The van der Waals surface area contributed by atoms with Gasteiger partial charge in [-0.05, 0) is 42.2 Å². The van der Waals surface area contributed by atoms with Gasteiger partial charge in [0.1, 0.15) is 5.69 Å². The summed E-state index contributed by atoms with van der Waals surface area (Å²) >= 11 is 0. The molecule has 2 aromatic rings. The van der Waals surface area contributed by atoms with E-state index in [1.54, 1.807) is 17.2 Å². The molecule has 0 unspecified atom stereocenters. The van der Waals surface area contributed by atoms with Crippen LogP contribution in [0, 0.1) is 0 Å². The minimum atomic E-state index is -0.0312. The highest BCUT2D eigenvalue weighted by atomic mass is 16.2. The molecule has 1 aromatic heterocycles. The fourth-order valence-corrected chi connectivity index (χ4v) is 2.40. The van der Waals surface area contributed by atoms with Crippen molar-refractivity contribution in [3.05, 3.63) is 53.9 Å². The molecule has 1 heterocycles. The minimum absolute atomic E-state index is 0.0312. The number of nitrogens with zero attached hydrogens (tertiary/aromatic N) is 2. The molecule has 0 aliphatic heterocycles. The summed E-state index contributed by atoms with van der Waals surface area (Å²) in [6.45, 7) is 7.24. The summed E-state index contributed by atoms with van der Waals surface area (Å²) in [7, 11) is 1.82. The Kier molecular flexibility index (Phi) is 6.36. The molecule has 0 aliphatic carbocycles. The van der Waals surface area contributed by atoms with E-state index in [2.05, 4.69) is 55.3 Å². The normalized spacial score (nSPS) is 10.7. The van der Waals surface area contributed by atoms with Crippen LogP contribution in [0.25, 0.3) is 0 Å². The largest absolute Gasteiger partial charge is 0.354 e. The highest BCUT2D eigenvalue weighted by Crippen LogP contribution is 2.20. The van der Waals surface area contributed by atoms with Crippen LogP contribution in [0.1, 0.15) is 55.6 Å². The van der Waals surface area contributed by atoms with Crippen LogP contribution < -0.4 is 5.32 Å². The van der Waals surface area contributed by atoms with Crippen LogP contribution in [0.4, 0.5) is 11.4 Å². The van der Waals surface area contributed by atoms with E-state index in [-0.39, 0.29) is 5.91 Å². The van der Waals surface area contributed by atoms with Gasteiger partial charge in [0.25, 0.3) is 5.91 Å². The Morgan fingerprint density at radius 2 is 1.79 bits per heavy atom. The number of aromatic nitrogens is 1. The fraction of sp³-hybridized carbons (Fsp3) is 0.400. The zero-order valence-electron chi connectivity index (χ0n) is 15.0. The topological polar surface area (TPSA) is 45.2 Å². The van der Waals surface area contributed by atoms with Crippen molar-refractivity contribution >= 4 is 17.3 Å². The first-order valence-corrected chi connectivity index (χ1v) is 8.59. The highest BCUT2D eigenvalue weighted by molar-refractivity contribution is 5.92. The van der Waals surface area contributed by atoms with Gasteiger partial charge in [-0.3, -0.25) is 4.79 Å². The van der Waals surface area contributed by atoms with Gasteiger partial charge < -0.3 is 10.2 Å². The Morgan fingerprint density at radius 1 is 1.12 bits per heavy atom. The lowest BCUT2D eigenvalue weighted by molar-refractivity contribution is 0.0787. The maximum Gasteiger partial charge on any atom is 0.272 e. The fourth-order valence-electron chi connectivity index (χ4n) is 2.40. The number of carbonyl (C=O) groups excluding carboxylic acids is 1. The number of amides is 1. The maximum absolute atomic E-state index is 12.3. The van der Waals surface area contributed by atoms with Crippen molar-refractivity contribution in [3.8, 4) is 0 Å². The molecule has 24 heavy (non-hydrogen) atoms. The molecule has 0 fully saturated rings. The average molecular weight is 325 g/mol. The van der Waals surface area contributed by atoms with Gasteiger partial charge in [-0.25, -0.2) is 4.98 Å². The second kappa shape index (κ2) is 8.48. The molecule has 1 N–H and O–H groups in total. The Labute approximate surface area is 144 Å². The summed E-state index contributed by atoms with van der Waals surface area (Å²) in [5.74, 6) is 0.493. The van der Waals surface area contributed by atoms with E-state index < -0.39 is 0 Å². The van der Waals surface area contributed by atoms with Crippen molar-refractivity contribution in [2.24, 2.45) is 0 Å². The number of hydrogen-bond donors (Lipinski definition) is 1. The number of unbranched alkanes of at least 4 members (excludes halogenated alkanes) is 1. The Bertz CT molecular complexity index is 648. The van der Waals surface area contributed by atoms with Crippen LogP contribution in [0.15, 0.2) is 42.6 Å². The van der Waals surface area contributed by atoms with E-state index in [0.717, 1.165) is 30.8 Å². The van der Waals surface area contributed by atoms with Gasteiger partial charge >= 0.3 is 0 Å². The second-order valence-electron chi connectivity index (χ2n) is 6.41. The summed E-state index contributed by atoms with van der Waals surface area (Å²) < 4.78 is 0. The number of nitrogens with one attached hydrogen (secondary N) is 1. The average Bonchev–Trinajstić information content (AvgIpc) is 2.60. The summed E-state index contributed by atoms with van der Waals surface area (Å²) in [4.78, 5) is 18.3. The molecule has 1 aromatic carbocycles. The molecule has 0 aliphatic rings. The molecule has 0 bridgehead atoms. The number of pyridine rings is 1. The molecule has 128 valence electrons. The number of anilines is 2. The van der Waals surface area contributed by atoms with Crippen molar-refractivity contribution < 1.29 is 4.79 Å². The Morgan fingerprint density at radius 3 is 2.33 bits per heavy atom. The third-order valence-corrected chi connectivity index (χ3v) is 4.04. The van der Waals surface area contributed by atoms with E-state index in [1.807, 2.05) is 13.1 Å². The van der Waals surface area contributed by atoms with Crippen LogP contribution >= 0.6 is 0 Å². The van der Waals surface area contributed by atoms with E-state index >= 15 is 0 Å². The molecule has 1 amide bonds. The van der Waals surface area contributed by atoms with Crippen LogP contribution in [0.3, 0.4) is 0 Å². The third kappa shape index (κ3) is 4.82. The summed E-state index contributed by atoms with van der Waals surface area (Å²) in [5.41, 5.74) is 3.68. The minimum Gasteiger partial charge on any atom is -0.354 e. The molecule has 4 nitrogen and oxygen atoms in total. The van der Waals surface area contributed by atoms with Crippen molar-refractivity contribution in [3.63, 3.8) is 0 Å². The second-order valence-corrected chi connectivity index (χ2v) is 6.41. The van der Waals surface area contributed by atoms with Gasteiger partial charge in [0.2, 0.25) is 0 Å². The van der Waals surface area contributed by atoms with Crippen molar-refractivity contribution in [1.82, 2.24) is 9.88 Å². The maximum atomic E-state index is 12.3. The van der Waals surface area contributed by atoms with E-state index in [9.17, 15) is 4.79 Å². The standard InChI is InChI=1S/C20H27N3O/c1-5-6-13-23(4)20(24)19-12-11-18(14-21-19)22-17-9-7-16(8-10-17)15(2)3/h7-12,14-15,22H,5-6,13H2,1-4H3. The zero-order valence-corrected chi connectivity index (χ0v) is 15.0. The van der Waals surface area contributed by atoms with Gasteiger partial charge in [0.15, 0.2) is 0 Å². The van der Waals surface area contributed by atoms with Crippen molar-refractivity contribution in [2.75, 3.05) is 18.9 Å². The van der Waals surface area contributed by atoms with E-state index in [4.69, 9.17) is 0 Å². The number of rotatable bonds is 7. The molecule has 0 radical (unpaired) electrons. The van der Waals surface area contributed by atoms with Gasteiger partial charge in [-0.1, -0.05) is 39.3 Å². The molecule has 2 rings (SSSR count). The quantitative estimate of drug-likeness (QED) is 0.793. The third-order valence-electron chi connectivity index (χ3n) is 4.04. The summed E-state index contributed by atoms with van der Waals surface area (Å²) in [6, 6.07) is 12.0. The number of carbonyl (C=O) groups is 1. The molecule has 0 atom stereocenters. The summed E-state index contributed by atoms with van der Waals surface area (Å²) in [5, 5.41) is 3.31. The van der Waals surface area contributed by atoms with Crippen LogP contribution in [-0.4, -0.2) is 29.4 Å². The smallest absolute Gasteiger partial charge is 0.272 e. The Balaban J connectivity index is 2.00. The van der Waals surface area contributed by atoms with Gasteiger partial charge in [0.05, 0.1) is 11.9 Å². The van der Waals surface area contributed by atoms with Crippen molar-refractivity contribution in [2.45, 2.75) is 39.5 Å². The zero-order chi connectivity index (χ0) is 17.5. The van der Waals surface area contributed by atoms with Gasteiger partial charge in [0, 0.05) is 19.3 Å². The predicted octanol–water partition coefficient (Wildman–Crippen LogP) is 4.82. The number of benzene rings is 1. The first-order valence-electron chi connectivity index (χ1n) is 8.59. The van der Waals surface area contributed by atoms with Crippen LogP contribution in [0.2, 0.25) is 0 Å². The number of hydrogen-bond acceptors (Lipinski definition) is 3. The molecule has 0 saturated carbocycles. The van der Waals surface area contributed by atoms with Gasteiger partial charge in [-0.15, -0.1) is 0 Å². The van der Waals surface area contributed by atoms with Crippen LogP contribution in [0.5, 0.6) is 0 Å². The lowest BCUT2D eigenvalue weighted by Crippen LogP contribution is -2.28. The lowest BCUT2D eigenvalue weighted by atomic mass is 10.0. The lowest BCUT2D eigenvalue weighted by Gasteiger charge is -2.16. The van der Waals surface area contributed by atoms with Gasteiger partial charge in [-0.2, -0.15) is 0 Å². The molecular formula is C20H27N3O. The monoisotopic (exact) mass is 325 g/mol. The first kappa shape index (κ1) is 18.0. The molecule has 0 spiro atoms. The highest BCUT2D eigenvalue weighted by Gasteiger charge is 2.12. The Hall–Kier alpha value is -2.36. The SMILES string of the molecule is CCCCN(C)C(=O)c1ccc(Nc2ccc(C(C)C)cc2)cn1. The van der Waals surface area contributed by atoms with Crippen LogP contribution in [-0.2, 0) is 0 Å². The first-order chi connectivity index (χ1) is 11.5. The molecule has 4 heteroatoms. The van der Waals surface area contributed by atoms with Crippen molar-refractivity contribution in [1.29, 1.82) is 0 Å². The summed E-state index contributed by atoms with van der Waals surface area (Å²) in [6.07, 6.45) is 3.79.